The minimum absolute atomic E-state index is 0.157. The minimum Gasteiger partial charge on any atom is -0.507 e. The number of para-hydroxylation sites is 2. The van der Waals surface area contributed by atoms with Crippen molar-refractivity contribution in [2.24, 2.45) is 0 Å². The number of nitrogens with one attached hydrogen (secondary N) is 1. The van der Waals surface area contributed by atoms with E-state index >= 15 is 0 Å². The second-order valence-corrected chi connectivity index (χ2v) is 8.65. The number of phenolic OH excluding ortho intramolecular Hbond substituents is 1. The maximum Gasteiger partial charge on any atom is 0.234 e. The summed E-state index contributed by atoms with van der Waals surface area (Å²) in [4.78, 5) is 12.5. The van der Waals surface area contributed by atoms with Gasteiger partial charge in [0.1, 0.15) is 5.75 Å². The predicted octanol–water partition coefficient (Wildman–Crippen LogP) is 5.54. The van der Waals surface area contributed by atoms with Crippen molar-refractivity contribution >= 4 is 35.0 Å². The molecule has 0 spiro atoms. The Morgan fingerprint density at radius 3 is 2.60 bits per heavy atom. The zero-order valence-electron chi connectivity index (χ0n) is 16.4. The molecule has 0 bridgehead atoms. The smallest absolute Gasteiger partial charge is 0.234 e. The molecule has 1 heterocycles. The second-order valence-electron chi connectivity index (χ2n) is 7.30. The monoisotopic (exact) mass is 442 g/mol. The van der Waals surface area contributed by atoms with E-state index in [9.17, 15) is 9.90 Å². The lowest BCUT2D eigenvalue weighted by Crippen LogP contribution is -2.17. The number of benzene rings is 2. The second kappa shape index (κ2) is 9.53. The highest BCUT2D eigenvalue weighted by atomic mass is 35.5. The van der Waals surface area contributed by atoms with Crippen LogP contribution in [0.5, 0.6) is 5.75 Å². The van der Waals surface area contributed by atoms with Crippen LogP contribution in [0.2, 0.25) is 5.02 Å². The summed E-state index contributed by atoms with van der Waals surface area (Å²) in [6, 6.07) is 14.6. The van der Waals surface area contributed by atoms with E-state index in [0.29, 0.717) is 27.3 Å². The third-order valence-electron chi connectivity index (χ3n) is 5.23. The molecule has 0 saturated heterocycles. The Morgan fingerprint density at radius 1 is 1.10 bits per heavy atom. The van der Waals surface area contributed by atoms with Crippen LogP contribution in [0, 0.1) is 0 Å². The quantitative estimate of drug-likeness (QED) is 0.490. The number of amides is 1. The van der Waals surface area contributed by atoms with E-state index in [2.05, 4.69) is 20.1 Å². The number of rotatable bonds is 6. The van der Waals surface area contributed by atoms with Gasteiger partial charge in [0, 0.05) is 6.04 Å². The molecule has 1 saturated carbocycles. The minimum atomic E-state index is -0.157. The average Bonchev–Trinajstić information content (AvgIpc) is 3.18. The van der Waals surface area contributed by atoms with Gasteiger partial charge in [-0.2, -0.15) is 0 Å². The van der Waals surface area contributed by atoms with Gasteiger partial charge in [-0.3, -0.25) is 9.36 Å². The zero-order valence-corrected chi connectivity index (χ0v) is 18.0. The van der Waals surface area contributed by atoms with E-state index in [1.165, 1.54) is 18.2 Å². The summed E-state index contributed by atoms with van der Waals surface area (Å²) in [5.74, 6) is 0.857. The number of hydrogen-bond donors (Lipinski definition) is 2. The van der Waals surface area contributed by atoms with Crippen molar-refractivity contribution in [2.75, 3.05) is 11.1 Å². The third kappa shape index (κ3) is 4.63. The topological polar surface area (TPSA) is 80.0 Å². The SMILES string of the molecule is O=C(CSc1nnc(-c2ccccc2O)n1C1CCCCC1)Nc1ccccc1Cl. The molecular formula is C22H23ClN4O2S. The van der Waals surface area contributed by atoms with Gasteiger partial charge in [0.2, 0.25) is 5.91 Å². The Bertz CT molecular complexity index is 1030. The number of carbonyl (C=O) groups is 1. The first-order valence-electron chi connectivity index (χ1n) is 10.0. The Morgan fingerprint density at radius 2 is 1.83 bits per heavy atom. The Labute approximate surface area is 184 Å². The summed E-state index contributed by atoms with van der Waals surface area (Å²) in [7, 11) is 0. The molecule has 6 nitrogen and oxygen atoms in total. The molecule has 1 aromatic heterocycles. The van der Waals surface area contributed by atoms with Gasteiger partial charge in [-0.15, -0.1) is 10.2 Å². The lowest BCUT2D eigenvalue weighted by atomic mass is 9.95. The first-order chi connectivity index (χ1) is 14.6. The molecule has 156 valence electrons. The molecule has 0 aliphatic heterocycles. The molecular weight excluding hydrogens is 420 g/mol. The molecule has 1 aliphatic rings. The van der Waals surface area contributed by atoms with Gasteiger partial charge in [-0.1, -0.05) is 66.9 Å². The van der Waals surface area contributed by atoms with Crippen LogP contribution in [0.25, 0.3) is 11.4 Å². The molecule has 2 aromatic carbocycles. The number of hydrogen-bond acceptors (Lipinski definition) is 5. The number of nitrogens with zero attached hydrogens (tertiary/aromatic N) is 3. The van der Waals surface area contributed by atoms with E-state index in [1.54, 1.807) is 24.3 Å². The first kappa shape index (κ1) is 20.8. The van der Waals surface area contributed by atoms with Crippen LogP contribution in [-0.4, -0.2) is 31.5 Å². The predicted molar refractivity (Wildman–Crippen MR) is 120 cm³/mol. The highest BCUT2D eigenvalue weighted by molar-refractivity contribution is 7.99. The number of phenols is 1. The number of anilines is 1. The molecule has 3 aromatic rings. The summed E-state index contributed by atoms with van der Waals surface area (Å²) < 4.78 is 2.10. The Balaban J connectivity index is 1.56. The highest BCUT2D eigenvalue weighted by Gasteiger charge is 2.25. The lowest BCUT2D eigenvalue weighted by molar-refractivity contribution is -0.113. The Hall–Kier alpha value is -2.51. The first-order valence-corrected chi connectivity index (χ1v) is 11.4. The normalized spacial score (nSPS) is 14.6. The van der Waals surface area contributed by atoms with Crippen LogP contribution in [0.1, 0.15) is 38.1 Å². The van der Waals surface area contributed by atoms with Gasteiger partial charge in [-0.05, 0) is 37.1 Å². The van der Waals surface area contributed by atoms with Crippen LogP contribution in [0.4, 0.5) is 5.69 Å². The van der Waals surface area contributed by atoms with Crippen molar-refractivity contribution < 1.29 is 9.90 Å². The van der Waals surface area contributed by atoms with Crippen molar-refractivity contribution in [3.63, 3.8) is 0 Å². The largest absolute Gasteiger partial charge is 0.507 e. The zero-order chi connectivity index (χ0) is 20.9. The van der Waals surface area contributed by atoms with Crippen LogP contribution < -0.4 is 5.32 Å². The van der Waals surface area contributed by atoms with Crippen LogP contribution in [0.3, 0.4) is 0 Å². The van der Waals surface area contributed by atoms with E-state index in [0.717, 1.165) is 25.7 Å². The molecule has 1 amide bonds. The number of thioether (sulfide) groups is 1. The molecule has 8 heteroatoms. The molecule has 4 rings (SSSR count). The molecule has 0 radical (unpaired) electrons. The van der Waals surface area contributed by atoms with Gasteiger partial charge >= 0.3 is 0 Å². The van der Waals surface area contributed by atoms with Gasteiger partial charge in [0.25, 0.3) is 0 Å². The lowest BCUT2D eigenvalue weighted by Gasteiger charge is -2.25. The van der Waals surface area contributed by atoms with Crippen molar-refractivity contribution in [1.29, 1.82) is 0 Å². The van der Waals surface area contributed by atoms with Gasteiger partial charge in [-0.25, -0.2) is 0 Å². The van der Waals surface area contributed by atoms with Crippen molar-refractivity contribution in [3.05, 3.63) is 53.6 Å². The summed E-state index contributed by atoms with van der Waals surface area (Å²) in [5, 5.41) is 23.1. The van der Waals surface area contributed by atoms with E-state index in [-0.39, 0.29) is 23.5 Å². The van der Waals surface area contributed by atoms with Gasteiger partial charge < -0.3 is 10.4 Å². The van der Waals surface area contributed by atoms with Crippen molar-refractivity contribution in [1.82, 2.24) is 14.8 Å². The summed E-state index contributed by atoms with van der Waals surface area (Å²) in [6.45, 7) is 0. The molecule has 30 heavy (non-hydrogen) atoms. The number of aromatic nitrogens is 3. The van der Waals surface area contributed by atoms with Gasteiger partial charge in [0.05, 0.1) is 22.0 Å². The van der Waals surface area contributed by atoms with Crippen LogP contribution in [0.15, 0.2) is 53.7 Å². The molecule has 1 fully saturated rings. The standard InChI is InChI=1S/C22H23ClN4O2S/c23-17-11-5-6-12-18(17)24-20(29)14-30-22-26-25-21(16-10-4-7-13-19(16)28)27(22)15-8-2-1-3-9-15/h4-7,10-13,15,28H,1-3,8-9,14H2,(H,24,29). The fourth-order valence-corrected chi connectivity index (χ4v) is 4.76. The number of aromatic hydroxyl groups is 1. The highest BCUT2D eigenvalue weighted by Crippen LogP contribution is 2.37. The summed E-state index contributed by atoms with van der Waals surface area (Å²) in [6.07, 6.45) is 5.61. The van der Waals surface area contributed by atoms with Gasteiger partial charge in [0.15, 0.2) is 11.0 Å². The van der Waals surface area contributed by atoms with E-state index < -0.39 is 0 Å². The van der Waals surface area contributed by atoms with Crippen molar-refractivity contribution in [2.45, 2.75) is 43.3 Å². The molecule has 2 N–H and O–H groups in total. The van der Waals surface area contributed by atoms with Crippen molar-refractivity contribution in [3.8, 4) is 17.1 Å². The average molecular weight is 443 g/mol. The third-order valence-corrected chi connectivity index (χ3v) is 6.50. The van der Waals surface area contributed by atoms with Crippen LogP contribution in [-0.2, 0) is 4.79 Å². The summed E-state index contributed by atoms with van der Waals surface area (Å²) >= 11 is 7.47. The maximum absolute atomic E-state index is 12.5. The maximum atomic E-state index is 12.5. The summed E-state index contributed by atoms with van der Waals surface area (Å²) in [5.41, 5.74) is 1.25. The Kier molecular flexibility index (Phi) is 6.59. The molecule has 0 unspecified atom stereocenters. The fourth-order valence-electron chi connectivity index (χ4n) is 3.77. The molecule has 1 aliphatic carbocycles. The van der Waals surface area contributed by atoms with E-state index in [4.69, 9.17) is 11.6 Å². The fraction of sp³-hybridized carbons (Fsp3) is 0.318. The number of halogens is 1. The molecule has 0 atom stereocenters. The van der Waals surface area contributed by atoms with E-state index in [1.807, 2.05) is 24.3 Å². The van der Waals surface area contributed by atoms with Crippen LogP contribution >= 0.6 is 23.4 Å². The number of carbonyl (C=O) groups excluding carboxylic acids is 1.